The standard InChI is InChI=1S/C17H29N5O/c1-18-16(14-12-19-20(2)13-14)17(23)22-9-5-8-21(10-11-22)15-6-3-4-7-15/h12-13,15-16,18H,3-11H2,1-2H3. The van der Waals surface area contributed by atoms with Crippen molar-refractivity contribution in [3.05, 3.63) is 18.0 Å². The minimum atomic E-state index is -0.290. The van der Waals surface area contributed by atoms with E-state index in [0.29, 0.717) is 0 Å². The third-order valence-corrected chi connectivity index (χ3v) is 5.28. The monoisotopic (exact) mass is 319 g/mol. The zero-order chi connectivity index (χ0) is 16.2. The molecule has 0 spiro atoms. The molecule has 0 bridgehead atoms. The highest BCUT2D eigenvalue weighted by Crippen LogP contribution is 2.25. The maximum atomic E-state index is 12.9. The lowest BCUT2D eigenvalue weighted by atomic mass is 10.1. The molecule has 6 heteroatoms. The Bertz CT molecular complexity index is 523. The zero-order valence-corrected chi connectivity index (χ0v) is 14.4. The Morgan fingerprint density at radius 3 is 2.65 bits per heavy atom. The van der Waals surface area contributed by atoms with Crippen molar-refractivity contribution in [2.75, 3.05) is 33.2 Å². The first-order valence-corrected chi connectivity index (χ1v) is 8.87. The van der Waals surface area contributed by atoms with Crippen molar-refractivity contribution in [1.82, 2.24) is 24.9 Å². The van der Waals surface area contributed by atoms with E-state index in [4.69, 9.17) is 0 Å². The van der Waals surface area contributed by atoms with Gasteiger partial charge in [0.1, 0.15) is 6.04 Å². The number of carbonyl (C=O) groups is 1. The summed E-state index contributed by atoms with van der Waals surface area (Å²) in [7, 11) is 3.73. The third kappa shape index (κ3) is 3.75. The molecule has 1 unspecified atom stereocenters. The number of rotatable bonds is 4. The molecule has 23 heavy (non-hydrogen) atoms. The molecule has 2 heterocycles. The van der Waals surface area contributed by atoms with Crippen LogP contribution >= 0.6 is 0 Å². The van der Waals surface area contributed by atoms with Crippen LogP contribution in [-0.2, 0) is 11.8 Å². The number of amides is 1. The second-order valence-corrected chi connectivity index (χ2v) is 6.82. The van der Waals surface area contributed by atoms with Crippen LogP contribution in [0.1, 0.15) is 43.7 Å². The fourth-order valence-electron chi connectivity index (χ4n) is 4.00. The van der Waals surface area contributed by atoms with Crippen molar-refractivity contribution in [3.8, 4) is 0 Å². The van der Waals surface area contributed by atoms with Crippen molar-refractivity contribution >= 4 is 5.91 Å². The number of aryl methyl sites for hydroxylation is 1. The molecule has 1 saturated carbocycles. The summed E-state index contributed by atoms with van der Waals surface area (Å²) in [5.41, 5.74) is 0.942. The van der Waals surface area contributed by atoms with Gasteiger partial charge in [0.05, 0.1) is 6.20 Å². The molecule has 1 aromatic heterocycles. The molecule has 1 aromatic rings. The predicted molar refractivity (Wildman–Crippen MR) is 90.0 cm³/mol. The maximum absolute atomic E-state index is 12.9. The van der Waals surface area contributed by atoms with Crippen LogP contribution in [0.4, 0.5) is 0 Å². The summed E-state index contributed by atoms with van der Waals surface area (Å²) in [6, 6.07) is 0.463. The van der Waals surface area contributed by atoms with E-state index in [1.54, 1.807) is 10.9 Å². The van der Waals surface area contributed by atoms with Crippen LogP contribution in [0.25, 0.3) is 0 Å². The Hall–Kier alpha value is -1.40. The van der Waals surface area contributed by atoms with E-state index in [2.05, 4.69) is 15.3 Å². The van der Waals surface area contributed by atoms with Crippen molar-refractivity contribution in [2.24, 2.45) is 7.05 Å². The summed E-state index contributed by atoms with van der Waals surface area (Å²) in [5, 5.41) is 7.35. The summed E-state index contributed by atoms with van der Waals surface area (Å²) >= 11 is 0. The lowest BCUT2D eigenvalue weighted by Gasteiger charge is -2.28. The van der Waals surface area contributed by atoms with Crippen molar-refractivity contribution in [2.45, 2.75) is 44.2 Å². The highest BCUT2D eigenvalue weighted by molar-refractivity contribution is 5.83. The summed E-state index contributed by atoms with van der Waals surface area (Å²) in [6.07, 6.45) is 10.2. The second kappa shape index (κ2) is 7.45. The summed E-state index contributed by atoms with van der Waals surface area (Å²) in [6.45, 7) is 3.85. The quantitative estimate of drug-likeness (QED) is 0.905. The second-order valence-electron chi connectivity index (χ2n) is 6.82. The van der Waals surface area contributed by atoms with Crippen LogP contribution in [0.5, 0.6) is 0 Å². The number of carbonyl (C=O) groups excluding carboxylic acids is 1. The molecule has 6 nitrogen and oxygen atoms in total. The molecule has 1 aliphatic carbocycles. The number of nitrogens with zero attached hydrogens (tertiary/aromatic N) is 4. The van der Waals surface area contributed by atoms with E-state index in [1.165, 1.54) is 25.7 Å². The number of aromatic nitrogens is 2. The summed E-state index contributed by atoms with van der Waals surface area (Å²) in [5.74, 6) is 0.175. The number of hydrogen-bond acceptors (Lipinski definition) is 4. The first-order valence-electron chi connectivity index (χ1n) is 8.87. The fraction of sp³-hybridized carbons (Fsp3) is 0.765. The van der Waals surface area contributed by atoms with E-state index in [0.717, 1.165) is 44.2 Å². The van der Waals surface area contributed by atoms with Gasteiger partial charge in [-0.25, -0.2) is 0 Å². The van der Waals surface area contributed by atoms with Gasteiger partial charge < -0.3 is 10.2 Å². The van der Waals surface area contributed by atoms with Crippen LogP contribution in [0, 0.1) is 0 Å². The van der Waals surface area contributed by atoms with E-state index in [-0.39, 0.29) is 11.9 Å². The Morgan fingerprint density at radius 1 is 1.22 bits per heavy atom. The SMILES string of the molecule is CNC(C(=O)N1CCCN(C2CCCC2)CC1)c1cnn(C)c1. The average Bonchev–Trinajstić information content (AvgIpc) is 3.15. The first-order chi connectivity index (χ1) is 11.2. The predicted octanol–water partition coefficient (Wildman–Crippen LogP) is 1.16. The summed E-state index contributed by atoms with van der Waals surface area (Å²) in [4.78, 5) is 17.6. The first kappa shape index (κ1) is 16.5. The zero-order valence-electron chi connectivity index (χ0n) is 14.4. The Balaban J connectivity index is 1.62. The topological polar surface area (TPSA) is 53.4 Å². The van der Waals surface area contributed by atoms with Crippen molar-refractivity contribution in [1.29, 1.82) is 0 Å². The van der Waals surface area contributed by atoms with E-state index >= 15 is 0 Å². The lowest BCUT2D eigenvalue weighted by molar-refractivity contribution is -0.133. The van der Waals surface area contributed by atoms with Crippen LogP contribution in [0.3, 0.4) is 0 Å². The molecule has 128 valence electrons. The van der Waals surface area contributed by atoms with Gasteiger partial charge in [0.25, 0.3) is 0 Å². The Labute approximate surface area is 138 Å². The van der Waals surface area contributed by atoms with Gasteiger partial charge in [-0.05, 0) is 26.3 Å². The van der Waals surface area contributed by atoms with Crippen molar-refractivity contribution < 1.29 is 4.79 Å². The minimum Gasteiger partial charge on any atom is -0.340 e. The van der Waals surface area contributed by atoms with Gasteiger partial charge in [0, 0.05) is 51.0 Å². The molecule has 0 radical (unpaired) electrons. The lowest BCUT2D eigenvalue weighted by Crippen LogP contribution is -2.42. The highest BCUT2D eigenvalue weighted by atomic mass is 16.2. The minimum absolute atomic E-state index is 0.175. The van der Waals surface area contributed by atoms with Gasteiger partial charge in [-0.15, -0.1) is 0 Å². The van der Waals surface area contributed by atoms with E-state index < -0.39 is 0 Å². The van der Waals surface area contributed by atoms with Gasteiger partial charge in [0.15, 0.2) is 0 Å². The normalized spacial score (nSPS) is 22.3. The van der Waals surface area contributed by atoms with Gasteiger partial charge in [0.2, 0.25) is 5.91 Å². The van der Waals surface area contributed by atoms with Crippen LogP contribution < -0.4 is 5.32 Å². The number of likely N-dealkylation sites (N-methyl/N-ethyl adjacent to an activating group) is 1. The smallest absolute Gasteiger partial charge is 0.244 e. The molecule has 0 aromatic carbocycles. The third-order valence-electron chi connectivity index (χ3n) is 5.28. The van der Waals surface area contributed by atoms with Gasteiger partial charge in [-0.1, -0.05) is 12.8 Å². The number of nitrogens with one attached hydrogen (secondary N) is 1. The van der Waals surface area contributed by atoms with Gasteiger partial charge in [-0.2, -0.15) is 5.10 Å². The number of hydrogen-bond donors (Lipinski definition) is 1. The Kier molecular flexibility index (Phi) is 5.33. The fourth-order valence-corrected chi connectivity index (χ4v) is 4.00. The van der Waals surface area contributed by atoms with E-state index in [1.807, 2.05) is 25.2 Å². The van der Waals surface area contributed by atoms with Crippen LogP contribution in [0.2, 0.25) is 0 Å². The summed E-state index contributed by atoms with van der Waals surface area (Å²) < 4.78 is 1.75. The molecule has 2 fully saturated rings. The molecule has 1 saturated heterocycles. The molecule has 1 amide bonds. The van der Waals surface area contributed by atoms with E-state index in [9.17, 15) is 4.79 Å². The highest BCUT2D eigenvalue weighted by Gasteiger charge is 2.29. The molecular formula is C17H29N5O. The van der Waals surface area contributed by atoms with Crippen LogP contribution in [-0.4, -0.2) is 64.8 Å². The average molecular weight is 319 g/mol. The Morgan fingerprint density at radius 2 is 2.00 bits per heavy atom. The van der Waals surface area contributed by atoms with Gasteiger partial charge in [-0.3, -0.25) is 14.4 Å². The molecule has 1 aliphatic heterocycles. The molecule has 3 rings (SSSR count). The molecule has 1 atom stereocenters. The van der Waals surface area contributed by atoms with Crippen LogP contribution in [0.15, 0.2) is 12.4 Å². The molecular weight excluding hydrogens is 290 g/mol. The van der Waals surface area contributed by atoms with Gasteiger partial charge >= 0.3 is 0 Å². The largest absolute Gasteiger partial charge is 0.340 e. The molecule has 2 aliphatic rings. The maximum Gasteiger partial charge on any atom is 0.244 e. The van der Waals surface area contributed by atoms with Crippen molar-refractivity contribution in [3.63, 3.8) is 0 Å². The molecule has 1 N–H and O–H groups in total.